The predicted octanol–water partition coefficient (Wildman–Crippen LogP) is 7.10. The lowest BCUT2D eigenvalue weighted by Gasteiger charge is -2.52. The molecule has 3 aromatic rings. The molecule has 0 spiro atoms. The molecule has 2 heterocycles. The maximum absolute atomic E-state index is 12.5. The fourth-order valence-corrected chi connectivity index (χ4v) is 4.86. The Morgan fingerprint density at radius 2 is 1.94 bits per heavy atom. The molecule has 1 aromatic carbocycles. The smallest absolute Gasteiger partial charge is 0.306 e. The van der Waals surface area contributed by atoms with Gasteiger partial charge in [0.15, 0.2) is 0 Å². The number of carbonyl (C=O) groups is 1. The monoisotopic (exact) mass is 485 g/mol. The number of carbonyl (C=O) groups excluding carboxylic acids is 1. The second-order valence-electron chi connectivity index (χ2n) is 10.3. The van der Waals surface area contributed by atoms with Gasteiger partial charge in [0.25, 0.3) is 0 Å². The molecule has 0 bridgehead atoms. The number of aromatic nitrogens is 3. The summed E-state index contributed by atoms with van der Waals surface area (Å²) in [6.45, 7) is 10.1. The van der Waals surface area contributed by atoms with Gasteiger partial charge in [0.05, 0.1) is 21.4 Å². The molecule has 4 rings (SSSR count). The molecular formula is C26H29Cl2N3O2. The third-order valence-corrected chi connectivity index (χ3v) is 7.24. The summed E-state index contributed by atoms with van der Waals surface area (Å²) in [4.78, 5) is 16.7. The van der Waals surface area contributed by atoms with Gasteiger partial charge < -0.3 is 4.74 Å². The van der Waals surface area contributed by atoms with Gasteiger partial charge in [-0.2, -0.15) is 5.10 Å². The maximum atomic E-state index is 12.5. The fraction of sp³-hybridized carbons (Fsp3) is 0.423. The Kier molecular flexibility index (Phi) is 6.32. The predicted molar refractivity (Wildman–Crippen MR) is 132 cm³/mol. The highest BCUT2D eigenvalue weighted by Crippen LogP contribution is 2.58. The second-order valence-corrected chi connectivity index (χ2v) is 11.1. The number of hydrogen-bond donors (Lipinski definition) is 0. The Hall–Kier alpha value is -2.37. The minimum Gasteiger partial charge on any atom is -0.460 e. The number of esters is 1. The van der Waals surface area contributed by atoms with Crippen molar-refractivity contribution >= 4 is 29.2 Å². The minimum absolute atomic E-state index is 0.100. The summed E-state index contributed by atoms with van der Waals surface area (Å²) in [5.74, 6) is 0.307. The zero-order valence-electron chi connectivity index (χ0n) is 19.6. The normalized spacial score (nSPS) is 19.7. The number of benzene rings is 1. The van der Waals surface area contributed by atoms with Crippen LogP contribution in [0.2, 0.25) is 10.0 Å². The Morgan fingerprint density at radius 3 is 2.55 bits per heavy atom. The first-order valence-electron chi connectivity index (χ1n) is 11.1. The first kappa shape index (κ1) is 23.8. The molecule has 2 aromatic heterocycles. The molecule has 0 N–H and O–H groups in total. The van der Waals surface area contributed by atoms with Crippen molar-refractivity contribution in [3.63, 3.8) is 0 Å². The van der Waals surface area contributed by atoms with Crippen LogP contribution in [0.1, 0.15) is 59.1 Å². The van der Waals surface area contributed by atoms with Crippen LogP contribution in [0.5, 0.6) is 0 Å². The quantitative estimate of drug-likeness (QED) is 0.361. The highest BCUT2D eigenvalue weighted by Gasteiger charge is 2.51. The number of rotatable bonds is 5. The van der Waals surface area contributed by atoms with E-state index in [1.807, 2.05) is 55.9 Å². The van der Waals surface area contributed by atoms with E-state index in [0.717, 1.165) is 29.1 Å². The Bertz CT molecular complexity index is 1170. The number of pyridine rings is 1. The van der Waals surface area contributed by atoms with Crippen LogP contribution >= 0.6 is 23.2 Å². The van der Waals surface area contributed by atoms with Crippen LogP contribution in [0.4, 0.5) is 0 Å². The van der Waals surface area contributed by atoms with E-state index in [0.29, 0.717) is 16.5 Å². The van der Waals surface area contributed by atoms with Gasteiger partial charge in [-0.25, -0.2) is 4.68 Å². The van der Waals surface area contributed by atoms with E-state index < -0.39 is 5.60 Å². The maximum Gasteiger partial charge on any atom is 0.306 e. The summed E-state index contributed by atoms with van der Waals surface area (Å²) in [6.07, 6.45) is 4.85. The van der Waals surface area contributed by atoms with Crippen molar-refractivity contribution < 1.29 is 9.53 Å². The number of hydrogen-bond acceptors (Lipinski definition) is 4. The lowest BCUT2D eigenvalue weighted by Crippen LogP contribution is -2.45. The van der Waals surface area contributed by atoms with Crippen LogP contribution in [0.15, 0.2) is 48.8 Å². The first-order chi connectivity index (χ1) is 15.5. The Balaban J connectivity index is 1.67. The summed E-state index contributed by atoms with van der Waals surface area (Å²) in [5.41, 5.74) is 3.14. The average molecular weight is 486 g/mol. The molecule has 0 aliphatic heterocycles. The molecule has 5 nitrogen and oxygen atoms in total. The van der Waals surface area contributed by atoms with Crippen molar-refractivity contribution in [3.05, 3.63) is 64.5 Å². The molecule has 0 saturated heterocycles. The van der Waals surface area contributed by atoms with Crippen LogP contribution in [0.3, 0.4) is 0 Å². The first-order valence-corrected chi connectivity index (χ1v) is 11.9. The second kappa shape index (κ2) is 8.77. The number of halogens is 2. The van der Waals surface area contributed by atoms with Crippen molar-refractivity contribution in [2.45, 2.75) is 59.0 Å². The van der Waals surface area contributed by atoms with E-state index in [1.165, 1.54) is 0 Å². The van der Waals surface area contributed by atoms with Crippen LogP contribution < -0.4 is 0 Å². The van der Waals surface area contributed by atoms with Crippen molar-refractivity contribution in [3.8, 4) is 16.9 Å². The van der Waals surface area contributed by atoms with E-state index in [-0.39, 0.29) is 23.2 Å². The third-order valence-electron chi connectivity index (χ3n) is 6.50. The lowest BCUT2D eigenvalue weighted by molar-refractivity contribution is -0.159. The van der Waals surface area contributed by atoms with Gasteiger partial charge in [-0.05, 0) is 74.9 Å². The van der Waals surface area contributed by atoms with Crippen molar-refractivity contribution in [1.29, 1.82) is 0 Å². The molecule has 0 amide bonds. The Labute approximate surface area is 205 Å². The Morgan fingerprint density at radius 1 is 1.18 bits per heavy atom. The zero-order valence-corrected chi connectivity index (χ0v) is 21.1. The van der Waals surface area contributed by atoms with Crippen molar-refractivity contribution in [2.75, 3.05) is 0 Å². The van der Waals surface area contributed by atoms with E-state index in [4.69, 9.17) is 33.0 Å². The van der Waals surface area contributed by atoms with Gasteiger partial charge in [0, 0.05) is 36.0 Å². The molecule has 2 atom stereocenters. The SMILES string of the molecule is CC(C)(C)OC(=O)C[C@H]1C[C@@H](c2cc(-c3cccnc3)nn2-c2ccc(Cl)c(Cl)c2)C1(C)C. The van der Waals surface area contributed by atoms with Gasteiger partial charge in [-0.3, -0.25) is 9.78 Å². The van der Waals surface area contributed by atoms with Crippen LogP contribution in [-0.2, 0) is 9.53 Å². The molecule has 1 fully saturated rings. The molecule has 0 radical (unpaired) electrons. The van der Waals surface area contributed by atoms with E-state index in [1.54, 1.807) is 12.3 Å². The number of nitrogens with zero attached hydrogens (tertiary/aromatic N) is 3. The minimum atomic E-state index is -0.477. The van der Waals surface area contributed by atoms with Gasteiger partial charge in [0.2, 0.25) is 0 Å². The standard InChI is InChI=1S/C26H29Cl2N3O2/c1-25(2,3)33-24(32)12-17-11-19(26(17,4)5)23-14-22(16-7-6-10-29-15-16)30-31(23)18-8-9-20(27)21(28)13-18/h6-10,13-15,17,19H,11-12H2,1-5H3/t17-,19+/m1/s1. The molecule has 174 valence electrons. The largest absolute Gasteiger partial charge is 0.460 e. The third kappa shape index (κ3) is 4.95. The van der Waals surface area contributed by atoms with Crippen LogP contribution in [0, 0.1) is 11.3 Å². The van der Waals surface area contributed by atoms with Crippen molar-refractivity contribution in [1.82, 2.24) is 14.8 Å². The van der Waals surface area contributed by atoms with Gasteiger partial charge in [-0.1, -0.05) is 37.0 Å². The topological polar surface area (TPSA) is 57.0 Å². The van der Waals surface area contributed by atoms with E-state index in [2.05, 4.69) is 24.9 Å². The fourth-order valence-electron chi connectivity index (χ4n) is 4.57. The van der Waals surface area contributed by atoms with E-state index >= 15 is 0 Å². The summed E-state index contributed by atoms with van der Waals surface area (Å²) in [7, 11) is 0. The van der Waals surface area contributed by atoms with Crippen LogP contribution in [0.25, 0.3) is 16.9 Å². The highest BCUT2D eigenvalue weighted by molar-refractivity contribution is 6.42. The van der Waals surface area contributed by atoms with Crippen LogP contribution in [-0.4, -0.2) is 26.3 Å². The summed E-state index contributed by atoms with van der Waals surface area (Å²) in [6, 6.07) is 11.5. The molecular weight excluding hydrogens is 457 g/mol. The average Bonchev–Trinajstić information content (AvgIpc) is 3.16. The summed E-state index contributed by atoms with van der Waals surface area (Å²) in [5, 5.41) is 5.89. The van der Waals surface area contributed by atoms with Gasteiger partial charge >= 0.3 is 5.97 Å². The van der Waals surface area contributed by atoms with E-state index in [9.17, 15) is 4.79 Å². The van der Waals surface area contributed by atoms with Crippen molar-refractivity contribution in [2.24, 2.45) is 11.3 Å². The molecule has 1 saturated carbocycles. The molecule has 1 aliphatic rings. The number of ether oxygens (including phenoxy) is 1. The molecule has 33 heavy (non-hydrogen) atoms. The zero-order chi connectivity index (χ0) is 24.0. The molecule has 1 aliphatic carbocycles. The molecule has 0 unspecified atom stereocenters. The van der Waals surface area contributed by atoms with Gasteiger partial charge in [0.1, 0.15) is 5.60 Å². The highest BCUT2D eigenvalue weighted by atomic mass is 35.5. The summed E-state index contributed by atoms with van der Waals surface area (Å²) >= 11 is 12.5. The lowest BCUT2D eigenvalue weighted by atomic mass is 9.53. The molecule has 7 heteroatoms. The summed E-state index contributed by atoms with van der Waals surface area (Å²) < 4.78 is 7.51. The van der Waals surface area contributed by atoms with Gasteiger partial charge in [-0.15, -0.1) is 0 Å².